The van der Waals surface area contributed by atoms with Crippen LogP contribution in [-0.2, 0) is 12.8 Å². The number of carboxylic acid groups (broad SMARTS) is 1. The number of aromatic nitrogens is 2. The van der Waals surface area contributed by atoms with Crippen LogP contribution in [0.25, 0.3) is 0 Å². The van der Waals surface area contributed by atoms with Crippen molar-refractivity contribution in [3.63, 3.8) is 0 Å². The number of hydrogen-bond acceptors (Lipinski definition) is 3. The van der Waals surface area contributed by atoms with Crippen LogP contribution in [0.15, 0.2) is 0 Å². The fourth-order valence-electron chi connectivity index (χ4n) is 2.95. The van der Waals surface area contributed by atoms with Crippen molar-refractivity contribution in [2.75, 3.05) is 13.1 Å². The Bertz CT molecular complexity index is 447. The second-order valence-corrected chi connectivity index (χ2v) is 4.88. The number of aromatic carboxylic acids is 1. The molecule has 0 spiro atoms. The summed E-state index contributed by atoms with van der Waals surface area (Å²) in [5.41, 5.74) is 2.43. The quantitative estimate of drug-likeness (QED) is 0.802. The molecule has 0 aromatic carbocycles. The van der Waals surface area contributed by atoms with Gasteiger partial charge in [-0.2, -0.15) is 5.10 Å². The van der Waals surface area contributed by atoms with Gasteiger partial charge in [-0.25, -0.2) is 4.79 Å². The summed E-state index contributed by atoms with van der Waals surface area (Å²) in [5, 5.41) is 16.9. The molecule has 92 valence electrons. The van der Waals surface area contributed by atoms with E-state index >= 15 is 0 Å². The zero-order chi connectivity index (χ0) is 11.8. The van der Waals surface area contributed by atoms with Crippen LogP contribution in [-0.4, -0.2) is 33.9 Å². The Morgan fingerprint density at radius 2 is 2.24 bits per heavy atom. The van der Waals surface area contributed by atoms with Crippen LogP contribution < -0.4 is 5.32 Å². The predicted octanol–water partition coefficient (Wildman–Crippen LogP) is 0.994. The lowest BCUT2D eigenvalue weighted by molar-refractivity contribution is 0.0688. The first-order chi connectivity index (χ1) is 8.27. The van der Waals surface area contributed by atoms with Crippen molar-refractivity contribution in [2.24, 2.45) is 0 Å². The highest BCUT2D eigenvalue weighted by Gasteiger charge is 2.28. The van der Waals surface area contributed by atoms with E-state index in [0.29, 0.717) is 6.04 Å². The van der Waals surface area contributed by atoms with Crippen molar-refractivity contribution in [1.82, 2.24) is 15.1 Å². The van der Waals surface area contributed by atoms with Crippen molar-refractivity contribution in [1.29, 1.82) is 0 Å². The maximum Gasteiger partial charge on any atom is 0.356 e. The van der Waals surface area contributed by atoms with E-state index in [-0.39, 0.29) is 5.69 Å². The molecule has 5 nitrogen and oxygen atoms in total. The van der Waals surface area contributed by atoms with Gasteiger partial charge in [-0.05, 0) is 38.6 Å². The molecule has 0 bridgehead atoms. The van der Waals surface area contributed by atoms with Gasteiger partial charge in [-0.15, -0.1) is 0 Å². The summed E-state index contributed by atoms with van der Waals surface area (Å²) < 4.78 is 1.98. The molecular formula is C12H17N3O2. The van der Waals surface area contributed by atoms with Crippen LogP contribution in [0.5, 0.6) is 0 Å². The van der Waals surface area contributed by atoms with Gasteiger partial charge in [0.25, 0.3) is 0 Å². The Hall–Kier alpha value is -1.36. The van der Waals surface area contributed by atoms with Gasteiger partial charge < -0.3 is 10.4 Å². The number of nitrogens with one attached hydrogen (secondary N) is 1. The fourth-order valence-corrected chi connectivity index (χ4v) is 2.95. The van der Waals surface area contributed by atoms with Crippen molar-refractivity contribution >= 4 is 5.97 Å². The zero-order valence-corrected chi connectivity index (χ0v) is 9.78. The lowest BCUT2D eigenvalue weighted by Crippen LogP contribution is -2.18. The SMILES string of the molecule is O=C(O)c1nn(C2CCNC2)c2c1CCCC2. The van der Waals surface area contributed by atoms with Crippen LogP contribution in [0.4, 0.5) is 0 Å². The first-order valence-corrected chi connectivity index (χ1v) is 6.31. The smallest absolute Gasteiger partial charge is 0.356 e. The molecule has 5 heteroatoms. The first-order valence-electron chi connectivity index (χ1n) is 6.31. The minimum absolute atomic E-state index is 0.284. The molecule has 1 fully saturated rings. The summed E-state index contributed by atoms with van der Waals surface area (Å²) in [6, 6.07) is 0.343. The van der Waals surface area contributed by atoms with E-state index in [1.54, 1.807) is 0 Å². The summed E-state index contributed by atoms with van der Waals surface area (Å²) in [4.78, 5) is 11.2. The Morgan fingerprint density at radius 1 is 1.41 bits per heavy atom. The predicted molar refractivity (Wildman–Crippen MR) is 62.4 cm³/mol. The lowest BCUT2D eigenvalue weighted by atomic mass is 9.95. The molecule has 0 saturated carbocycles. The van der Waals surface area contributed by atoms with E-state index in [1.165, 1.54) is 5.69 Å². The molecular weight excluding hydrogens is 218 g/mol. The second kappa shape index (κ2) is 4.14. The number of carbonyl (C=O) groups is 1. The zero-order valence-electron chi connectivity index (χ0n) is 9.78. The van der Waals surface area contributed by atoms with Crippen LogP contribution in [0.2, 0.25) is 0 Å². The summed E-state index contributed by atoms with van der Waals surface area (Å²) in [6.45, 7) is 1.91. The highest BCUT2D eigenvalue weighted by Crippen LogP contribution is 2.28. The number of nitrogens with zero attached hydrogens (tertiary/aromatic N) is 2. The molecule has 1 unspecified atom stereocenters. The third-order valence-electron chi connectivity index (χ3n) is 3.79. The Kier molecular flexibility index (Phi) is 2.63. The van der Waals surface area contributed by atoms with Crippen molar-refractivity contribution in [3.8, 4) is 0 Å². The summed E-state index contributed by atoms with van der Waals surface area (Å²) in [7, 11) is 0. The summed E-state index contributed by atoms with van der Waals surface area (Å²) >= 11 is 0. The van der Waals surface area contributed by atoms with Crippen molar-refractivity contribution in [2.45, 2.75) is 38.1 Å². The number of fused-ring (bicyclic) bond motifs is 1. The molecule has 1 saturated heterocycles. The van der Waals surface area contributed by atoms with Gasteiger partial charge in [0.2, 0.25) is 0 Å². The molecule has 2 N–H and O–H groups in total. The topological polar surface area (TPSA) is 67.1 Å². The standard InChI is InChI=1S/C12H17N3O2/c16-12(17)11-9-3-1-2-4-10(9)15(14-11)8-5-6-13-7-8/h8,13H,1-7H2,(H,16,17). The monoisotopic (exact) mass is 235 g/mol. The molecule has 1 aromatic rings. The number of hydrogen-bond donors (Lipinski definition) is 2. The minimum Gasteiger partial charge on any atom is -0.476 e. The van der Waals surface area contributed by atoms with Crippen molar-refractivity contribution < 1.29 is 9.90 Å². The molecule has 17 heavy (non-hydrogen) atoms. The van der Waals surface area contributed by atoms with Crippen molar-refractivity contribution in [3.05, 3.63) is 17.0 Å². The molecule has 2 aliphatic rings. The van der Waals surface area contributed by atoms with Crippen LogP contribution >= 0.6 is 0 Å². The second-order valence-electron chi connectivity index (χ2n) is 4.88. The fraction of sp³-hybridized carbons (Fsp3) is 0.667. The van der Waals surface area contributed by atoms with Gasteiger partial charge in [0.1, 0.15) is 0 Å². The van der Waals surface area contributed by atoms with E-state index in [4.69, 9.17) is 0 Å². The highest BCUT2D eigenvalue weighted by molar-refractivity contribution is 5.87. The third-order valence-corrected chi connectivity index (χ3v) is 3.79. The van der Waals surface area contributed by atoms with Crippen LogP contribution in [0, 0.1) is 0 Å². The molecule has 1 aromatic heterocycles. The molecule has 3 rings (SSSR count). The highest BCUT2D eigenvalue weighted by atomic mass is 16.4. The molecule has 2 heterocycles. The molecule has 0 radical (unpaired) electrons. The van der Waals surface area contributed by atoms with E-state index in [9.17, 15) is 9.90 Å². The van der Waals surface area contributed by atoms with Gasteiger partial charge in [0.15, 0.2) is 5.69 Å². The van der Waals surface area contributed by atoms with E-state index in [0.717, 1.165) is 50.8 Å². The van der Waals surface area contributed by atoms with Crippen LogP contribution in [0.1, 0.15) is 47.1 Å². The van der Waals surface area contributed by atoms with Crippen LogP contribution in [0.3, 0.4) is 0 Å². The average Bonchev–Trinajstić information content (AvgIpc) is 2.95. The van der Waals surface area contributed by atoms with Gasteiger partial charge in [-0.3, -0.25) is 4.68 Å². The van der Waals surface area contributed by atoms with E-state index < -0.39 is 5.97 Å². The average molecular weight is 235 g/mol. The molecule has 1 atom stereocenters. The van der Waals surface area contributed by atoms with E-state index in [1.807, 2.05) is 4.68 Å². The molecule has 1 aliphatic carbocycles. The van der Waals surface area contributed by atoms with E-state index in [2.05, 4.69) is 10.4 Å². The van der Waals surface area contributed by atoms with Gasteiger partial charge in [-0.1, -0.05) is 0 Å². The maximum absolute atomic E-state index is 11.2. The summed E-state index contributed by atoms with van der Waals surface area (Å²) in [6.07, 6.45) is 5.14. The molecule has 0 amide bonds. The number of rotatable bonds is 2. The Morgan fingerprint density at radius 3 is 2.94 bits per heavy atom. The normalized spacial score (nSPS) is 23.6. The summed E-state index contributed by atoms with van der Waals surface area (Å²) in [5.74, 6) is -0.882. The first kappa shape index (κ1) is 10.8. The third kappa shape index (κ3) is 1.74. The largest absolute Gasteiger partial charge is 0.476 e. The van der Waals surface area contributed by atoms with Gasteiger partial charge in [0.05, 0.1) is 6.04 Å². The molecule has 1 aliphatic heterocycles. The Labute approximate surface area is 99.8 Å². The van der Waals surface area contributed by atoms with Gasteiger partial charge in [0, 0.05) is 17.8 Å². The lowest BCUT2D eigenvalue weighted by Gasteiger charge is -2.17. The minimum atomic E-state index is -0.882. The number of carboxylic acids is 1. The maximum atomic E-state index is 11.2. The van der Waals surface area contributed by atoms with Gasteiger partial charge >= 0.3 is 5.97 Å². The Balaban J connectivity index is 2.05.